The number of ether oxygens (including phenoxy) is 1. The maximum absolute atomic E-state index is 13.1. The van der Waals surface area contributed by atoms with E-state index in [-0.39, 0.29) is 23.6 Å². The van der Waals surface area contributed by atoms with Crippen LogP contribution < -0.4 is 0 Å². The highest BCUT2D eigenvalue weighted by atomic mass is 19.1. The minimum atomic E-state index is -0.745. The minimum absolute atomic E-state index is 0.182. The first-order chi connectivity index (χ1) is 14.0. The van der Waals surface area contributed by atoms with Crippen molar-refractivity contribution in [2.75, 3.05) is 6.54 Å². The van der Waals surface area contributed by atoms with E-state index in [4.69, 9.17) is 9.26 Å². The average molecular weight is 394 g/mol. The number of hydrogen-bond donors (Lipinski definition) is 0. The number of halogens is 1. The molecule has 0 N–H and O–H groups in total. The second-order valence-electron chi connectivity index (χ2n) is 6.49. The van der Waals surface area contributed by atoms with Crippen molar-refractivity contribution < 1.29 is 28.0 Å². The highest BCUT2D eigenvalue weighted by Crippen LogP contribution is 2.26. The van der Waals surface area contributed by atoms with Gasteiger partial charge in [-0.2, -0.15) is 0 Å². The third-order valence-corrected chi connectivity index (χ3v) is 4.66. The first-order valence-electron chi connectivity index (χ1n) is 8.77. The molecule has 3 aromatic rings. The van der Waals surface area contributed by atoms with Crippen LogP contribution in [0.15, 0.2) is 53.1 Å². The smallest absolute Gasteiger partial charge is 0.326 e. The molecule has 0 fully saturated rings. The van der Waals surface area contributed by atoms with Crippen molar-refractivity contribution in [2.45, 2.75) is 13.5 Å². The summed E-state index contributed by atoms with van der Waals surface area (Å²) in [7, 11) is 0. The Morgan fingerprint density at radius 2 is 1.69 bits per heavy atom. The van der Waals surface area contributed by atoms with Crippen molar-refractivity contribution in [1.82, 2.24) is 10.1 Å². The van der Waals surface area contributed by atoms with E-state index in [9.17, 15) is 18.8 Å². The van der Waals surface area contributed by atoms with Crippen LogP contribution in [0.4, 0.5) is 4.39 Å². The summed E-state index contributed by atoms with van der Waals surface area (Å²) >= 11 is 0. The molecule has 7 nitrogen and oxygen atoms in total. The zero-order valence-electron chi connectivity index (χ0n) is 15.3. The Hall–Kier alpha value is -3.81. The first-order valence-corrected chi connectivity index (χ1v) is 8.77. The van der Waals surface area contributed by atoms with Gasteiger partial charge in [0.2, 0.25) is 0 Å². The molecule has 0 bridgehead atoms. The minimum Gasteiger partial charge on any atom is -0.458 e. The number of carbonyl (C=O) groups is 3. The molecule has 2 amide bonds. The second-order valence-corrected chi connectivity index (χ2v) is 6.49. The molecule has 4 rings (SSSR count). The summed E-state index contributed by atoms with van der Waals surface area (Å²) in [4.78, 5) is 37.6. The highest BCUT2D eigenvalue weighted by Gasteiger charge is 2.36. The summed E-state index contributed by atoms with van der Waals surface area (Å²) in [5, 5.41) is 3.89. The number of aromatic nitrogens is 1. The Balaban J connectivity index is 1.40. The fourth-order valence-corrected chi connectivity index (χ4v) is 3.08. The molecule has 1 aliphatic heterocycles. The molecule has 8 heteroatoms. The molecular weight excluding hydrogens is 379 g/mol. The van der Waals surface area contributed by atoms with Crippen LogP contribution in [0.3, 0.4) is 0 Å². The van der Waals surface area contributed by atoms with Crippen LogP contribution in [-0.4, -0.2) is 34.4 Å². The van der Waals surface area contributed by atoms with Gasteiger partial charge in [0.25, 0.3) is 11.8 Å². The van der Waals surface area contributed by atoms with Gasteiger partial charge in [0.15, 0.2) is 5.76 Å². The van der Waals surface area contributed by atoms with Crippen LogP contribution in [0, 0.1) is 12.7 Å². The van der Waals surface area contributed by atoms with Crippen molar-refractivity contribution in [3.8, 4) is 11.3 Å². The van der Waals surface area contributed by atoms with E-state index in [2.05, 4.69) is 5.16 Å². The monoisotopic (exact) mass is 394 g/mol. The molecule has 0 saturated heterocycles. The topological polar surface area (TPSA) is 89.7 Å². The summed E-state index contributed by atoms with van der Waals surface area (Å²) in [5.74, 6) is -1.73. The fourth-order valence-electron chi connectivity index (χ4n) is 3.08. The van der Waals surface area contributed by atoms with Gasteiger partial charge >= 0.3 is 5.97 Å². The van der Waals surface area contributed by atoms with Crippen molar-refractivity contribution in [3.63, 3.8) is 0 Å². The highest BCUT2D eigenvalue weighted by molar-refractivity contribution is 6.22. The third-order valence-electron chi connectivity index (χ3n) is 4.66. The van der Waals surface area contributed by atoms with Crippen molar-refractivity contribution in [1.29, 1.82) is 0 Å². The summed E-state index contributed by atoms with van der Waals surface area (Å²) < 4.78 is 23.5. The lowest BCUT2D eigenvalue weighted by Gasteiger charge is -2.12. The Morgan fingerprint density at radius 3 is 2.31 bits per heavy atom. The molecule has 0 unspecified atom stereocenters. The lowest BCUT2D eigenvalue weighted by Crippen LogP contribution is -2.35. The van der Waals surface area contributed by atoms with E-state index in [1.54, 1.807) is 31.2 Å². The standard InChI is InChI=1S/C21H15FN2O5/c1-12-17(23-29-19(12)13-6-8-14(22)9-7-13)11-28-18(25)10-24-20(26)15-4-2-3-5-16(15)21(24)27/h2-9H,10-11H2,1H3. The molecular formula is C21H15FN2O5. The van der Waals surface area contributed by atoms with E-state index in [0.29, 0.717) is 22.6 Å². The Kier molecular flexibility index (Phi) is 4.67. The first kappa shape index (κ1) is 18.5. The lowest BCUT2D eigenvalue weighted by atomic mass is 10.1. The summed E-state index contributed by atoms with van der Waals surface area (Å²) in [5.41, 5.74) is 2.20. The molecule has 29 heavy (non-hydrogen) atoms. The summed E-state index contributed by atoms with van der Waals surface area (Å²) in [6, 6.07) is 12.1. The van der Waals surface area contributed by atoms with E-state index in [1.165, 1.54) is 24.3 Å². The molecule has 0 aliphatic carbocycles. The quantitative estimate of drug-likeness (QED) is 0.488. The molecule has 0 atom stereocenters. The average Bonchev–Trinajstić information content (AvgIpc) is 3.20. The van der Waals surface area contributed by atoms with Gasteiger partial charge in [-0.3, -0.25) is 19.3 Å². The van der Waals surface area contributed by atoms with Crippen LogP contribution in [0.25, 0.3) is 11.3 Å². The molecule has 2 aromatic carbocycles. The molecule has 0 radical (unpaired) electrons. The number of carbonyl (C=O) groups excluding carboxylic acids is 3. The molecule has 2 heterocycles. The van der Waals surface area contributed by atoms with Crippen molar-refractivity contribution in [2.24, 2.45) is 0 Å². The van der Waals surface area contributed by atoms with E-state index >= 15 is 0 Å². The van der Waals surface area contributed by atoms with Crippen molar-refractivity contribution in [3.05, 3.63) is 76.7 Å². The zero-order chi connectivity index (χ0) is 20.5. The number of hydrogen-bond acceptors (Lipinski definition) is 6. The molecule has 146 valence electrons. The fraction of sp³-hybridized carbons (Fsp3) is 0.143. The molecule has 1 aromatic heterocycles. The van der Waals surface area contributed by atoms with Crippen LogP contribution in [-0.2, 0) is 16.1 Å². The maximum Gasteiger partial charge on any atom is 0.326 e. The predicted molar refractivity (Wildman–Crippen MR) is 98.2 cm³/mol. The van der Waals surface area contributed by atoms with E-state index < -0.39 is 24.3 Å². The van der Waals surface area contributed by atoms with Gasteiger partial charge in [-0.05, 0) is 43.3 Å². The molecule has 1 aliphatic rings. The normalized spacial score (nSPS) is 13.0. The van der Waals surface area contributed by atoms with Crippen LogP contribution >= 0.6 is 0 Å². The number of rotatable bonds is 5. The van der Waals surface area contributed by atoms with E-state index in [1.807, 2.05) is 0 Å². The lowest BCUT2D eigenvalue weighted by molar-refractivity contribution is -0.145. The maximum atomic E-state index is 13.1. The molecule has 0 saturated carbocycles. The predicted octanol–water partition coefficient (Wildman–Crippen LogP) is 3.13. The number of imide groups is 1. The zero-order valence-corrected chi connectivity index (χ0v) is 15.3. The second kappa shape index (κ2) is 7.31. The Bertz CT molecular complexity index is 1090. The van der Waals surface area contributed by atoms with Crippen molar-refractivity contribution >= 4 is 17.8 Å². The molecule has 0 spiro atoms. The Labute approximate surface area is 164 Å². The number of amides is 2. The summed E-state index contributed by atoms with van der Waals surface area (Å²) in [6.07, 6.45) is 0. The number of nitrogens with zero attached hydrogens (tertiary/aromatic N) is 2. The van der Waals surface area contributed by atoms with Gasteiger partial charge < -0.3 is 9.26 Å². The number of esters is 1. The Morgan fingerprint density at radius 1 is 1.07 bits per heavy atom. The van der Waals surface area contributed by atoms with Gasteiger partial charge in [0.1, 0.15) is 24.7 Å². The third kappa shape index (κ3) is 3.40. The number of fused-ring (bicyclic) bond motifs is 1. The largest absolute Gasteiger partial charge is 0.458 e. The van der Waals surface area contributed by atoms with Crippen LogP contribution in [0.2, 0.25) is 0 Å². The van der Waals surface area contributed by atoms with Gasteiger partial charge in [-0.1, -0.05) is 17.3 Å². The van der Waals surface area contributed by atoms with Crippen LogP contribution in [0.1, 0.15) is 32.0 Å². The van der Waals surface area contributed by atoms with E-state index in [0.717, 1.165) is 4.90 Å². The van der Waals surface area contributed by atoms with Gasteiger partial charge in [0, 0.05) is 11.1 Å². The SMILES string of the molecule is Cc1c(COC(=O)CN2C(=O)c3ccccc3C2=O)noc1-c1ccc(F)cc1. The summed E-state index contributed by atoms with van der Waals surface area (Å²) in [6.45, 7) is 1.06. The van der Waals surface area contributed by atoms with Gasteiger partial charge in [0.05, 0.1) is 11.1 Å². The number of benzene rings is 2. The van der Waals surface area contributed by atoms with Gasteiger partial charge in [-0.15, -0.1) is 0 Å². The van der Waals surface area contributed by atoms with Gasteiger partial charge in [-0.25, -0.2) is 4.39 Å². The van der Waals surface area contributed by atoms with Crippen LogP contribution in [0.5, 0.6) is 0 Å².